The maximum Gasteiger partial charge on any atom is 0.414 e. The van der Waals surface area contributed by atoms with E-state index in [2.05, 4.69) is 17.4 Å². The number of carboxylic acids is 2. The van der Waals surface area contributed by atoms with Crippen molar-refractivity contribution in [3.05, 3.63) is 71.8 Å². The number of aliphatic carboxylic acids is 2. The molecule has 0 aliphatic rings. The highest BCUT2D eigenvalue weighted by Gasteiger charge is 2.06. The van der Waals surface area contributed by atoms with Crippen LogP contribution in [0.3, 0.4) is 0 Å². The molecule has 0 aliphatic heterocycles. The zero-order valence-corrected chi connectivity index (χ0v) is 19.4. The van der Waals surface area contributed by atoms with Gasteiger partial charge in [-0.1, -0.05) is 73.5 Å². The molecule has 1 unspecified atom stereocenters. The van der Waals surface area contributed by atoms with Crippen molar-refractivity contribution in [2.75, 3.05) is 19.7 Å². The Bertz CT molecular complexity index is 816. The van der Waals surface area contributed by atoms with Gasteiger partial charge in [-0.25, -0.2) is 9.59 Å². The lowest BCUT2D eigenvalue weighted by atomic mass is 10.1. The highest BCUT2D eigenvalue weighted by atomic mass is 16.5. The van der Waals surface area contributed by atoms with E-state index in [0.29, 0.717) is 19.6 Å². The normalized spacial score (nSPS) is 11.1. The molecule has 0 saturated carbocycles. The summed E-state index contributed by atoms with van der Waals surface area (Å²) in [5.74, 6) is -3.74. The van der Waals surface area contributed by atoms with E-state index < -0.39 is 18.0 Å². The fourth-order valence-electron chi connectivity index (χ4n) is 3.08. The molecule has 4 N–H and O–H groups in total. The van der Waals surface area contributed by atoms with Crippen LogP contribution in [0.25, 0.3) is 0 Å². The van der Waals surface area contributed by atoms with E-state index in [9.17, 15) is 9.90 Å². The molecule has 8 heteroatoms. The average Bonchev–Trinajstić information content (AvgIpc) is 2.84. The molecule has 186 valence electrons. The van der Waals surface area contributed by atoms with E-state index in [-0.39, 0.29) is 5.97 Å². The monoisotopic (exact) mass is 473 g/mol. The fraction of sp³-hybridized carbons (Fsp3) is 0.423. The van der Waals surface area contributed by atoms with Gasteiger partial charge in [0.15, 0.2) is 0 Å². The van der Waals surface area contributed by atoms with Crippen LogP contribution in [0, 0.1) is 0 Å². The Kier molecular flexibility index (Phi) is 15.4. The van der Waals surface area contributed by atoms with Crippen LogP contribution in [-0.2, 0) is 25.5 Å². The molecular weight excluding hydrogens is 438 g/mol. The zero-order valence-electron chi connectivity index (χ0n) is 19.4. The van der Waals surface area contributed by atoms with Crippen molar-refractivity contribution in [2.45, 2.75) is 51.0 Å². The molecule has 0 spiro atoms. The number of nitrogens with one attached hydrogen (secondary N) is 1. The molecule has 0 radical (unpaired) electrons. The third kappa shape index (κ3) is 14.8. The van der Waals surface area contributed by atoms with E-state index in [1.807, 2.05) is 48.5 Å². The molecule has 1 atom stereocenters. The van der Waals surface area contributed by atoms with Crippen molar-refractivity contribution < 1.29 is 34.4 Å². The molecule has 2 aromatic rings. The third-order valence-corrected chi connectivity index (χ3v) is 4.91. The standard InChI is InChI=1S/C24H33NO3.C2H2O4/c26-23(22-15-7-4-8-16-22)20-25-18-9-1-2-10-19-28-24(27)17-11-14-21-12-5-3-6-13-21;3-1(4)2(5)6/h3-8,12-13,15-16,23,25-26H,1-2,9-11,14,17-20H2;(H,3,4)(H,5,6). The Morgan fingerprint density at radius 2 is 1.38 bits per heavy atom. The van der Waals surface area contributed by atoms with Crippen LogP contribution in [0.2, 0.25) is 0 Å². The summed E-state index contributed by atoms with van der Waals surface area (Å²) < 4.78 is 5.30. The number of unbranched alkanes of at least 4 members (excludes halogenated alkanes) is 3. The Balaban J connectivity index is 0.000000852. The summed E-state index contributed by atoms with van der Waals surface area (Å²) in [5.41, 5.74) is 2.21. The first-order chi connectivity index (χ1) is 16.4. The molecule has 0 saturated heterocycles. The maximum atomic E-state index is 11.7. The lowest BCUT2D eigenvalue weighted by Gasteiger charge is -2.12. The first-order valence-electron chi connectivity index (χ1n) is 11.5. The molecule has 0 bridgehead atoms. The van der Waals surface area contributed by atoms with Gasteiger partial charge in [-0.2, -0.15) is 0 Å². The molecule has 2 aromatic carbocycles. The molecule has 0 aliphatic carbocycles. The first-order valence-corrected chi connectivity index (χ1v) is 11.5. The predicted octanol–water partition coefficient (Wildman–Crippen LogP) is 3.59. The summed E-state index contributed by atoms with van der Waals surface area (Å²) in [4.78, 5) is 29.9. The molecular formula is C26H35NO7. The van der Waals surface area contributed by atoms with Gasteiger partial charge in [0.2, 0.25) is 0 Å². The Morgan fingerprint density at radius 1 is 0.794 bits per heavy atom. The van der Waals surface area contributed by atoms with E-state index in [1.165, 1.54) is 5.56 Å². The zero-order chi connectivity index (χ0) is 25.0. The predicted molar refractivity (Wildman–Crippen MR) is 128 cm³/mol. The van der Waals surface area contributed by atoms with Crippen molar-refractivity contribution in [1.82, 2.24) is 5.32 Å². The van der Waals surface area contributed by atoms with Crippen molar-refractivity contribution in [2.24, 2.45) is 0 Å². The molecule has 0 fully saturated rings. The van der Waals surface area contributed by atoms with Crippen LogP contribution in [0.5, 0.6) is 0 Å². The van der Waals surface area contributed by atoms with Crippen molar-refractivity contribution in [3.63, 3.8) is 0 Å². The van der Waals surface area contributed by atoms with Crippen molar-refractivity contribution in [1.29, 1.82) is 0 Å². The number of rotatable bonds is 14. The summed E-state index contributed by atoms with van der Waals surface area (Å²) in [6.07, 6.45) is 5.92. The minimum Gasteiger partial charge on any atom is -0.473 e. The quantitative estimate of drug-likeness (QED) is 0.186. The van der Waals surface area contributed by atoms with Crippen molar-refractivity contribution in [3.8, 4) is 0 Å². The van der Waals surface area contributed by atoms with Crippen LogP contribution in [0.1, 0.15) is 55.8 Å². The fourth-order valence-corrected chi connectivity index (χ4v) is 3.08. The van der Waals surface area contributed by atoms with E-state index in [1.54, 1.807) is 0 Å². The van der Waals surface area contributed by atoms with Gasteiger partial charge in [-0.05, 0) is 43.4 Å². The Labute approximate surface area is 200 Å². The Hall–Kier alpha value is -3.23. The van der Waals surface area contributed by atoms with Crippen LogP contribution >= 0.6 is 0 Å². The number of hydrogen-bond donors (Lipinski definition) is 4. The highest BCUT2D eigenvalue weighted by molar-refractivity contribution is 6.27. The number of benzene rings is 2. The molecule has 0 aromatic heterocycles. The highest BCUT2D eigenvalue weighted by Crippen LogP contribution is 2.10. The number of aliphatic hydroxyl groups excluding tert-OH is 1. The second-order valence-electron chi connectivity index (χ2n) is 7.71. The van der Waals surface area contributed by atoms with Gasteiger partial charge in [0, 0.05) is 13.0 Å². The topological polar surface area (TPSA) is 133 Å². The van der Waals surface area contributed by atoms with E-state index in [4.69, 9.17) is 24.5 Å². The molecule has 0 amide bonds. The lowest BCUT2D eigenvalue weighted by molar-refractivity contribution is -0.159. The van der Waals surface area contributed by atoms with Gasteiger partial charge >= 0.3 is 17.9 Å². The summed E-state index contributed by atoms with van der Waals surface area (Å²) in [6.45, 7) is 1.98. The second kappa shape index (κ2) is 18.2. The van der Waals surface area contributed by atoms with Gasteiger partial charge in [-0.3, -0.25) is 4.79 Å². The van der Waals surface area contributed by atoms with Crippen molar-refractivity contribution >= 4 is 17.9 Å². The van der Waals surface area contributed by atoms with Crippen LogP contribution in [0.4, 0.5) is 0 Å². The van der Waals surface area contributed by atoms with Gasteiger partial charge in [0.05, 0.1) is 12.7 Å². The molecule has 2 rings (SSSR count). The summed E-state index contributed by atoms with van der Waals surface area (Å²) >= 11 is 0. The Morgan fingerprint density at radius 3 is 2.00 bits per heavy atom. The summed E-state index contributed by atoms with van der Waals surface area (Å²) in [7, 11) is 0. The first kappa shape index (κ1) is 28.8. The average molecular weight is 474 g/mol. The summed E-state index contributed by atoms with van der Waals surface area (Å²) in [6, 6.07) is 19.9. The minimum atomic E-state index is -1.82. The van der Waals surface area contributed by atoms with Gasteiger partial charge in [-0.15, -0.1) is 0 Å². The number of carboxylic acid groups (broad SMARTS) is 2. The molecule has 34 heavy (non-hydrogen) atoms. The molecule has 8 nitrogen and oxygen atoms in total. The number of aryl methyl sites for hydroxylation is 1. The number of aliphatic hydroxyl groups is 1. The lowest BCUT2D eigenvalue weighted by Crippen LogP contribution is -2.22. The van der Waals surface area contributed by atoms with Gasteiger partial charge < -0.3 is 25.4 Å². The van der Waals surface area contributed by atoms with Crippen LogP contribution in [-0.4, -0.2) is 52.9 Å². The smallest absolute Gasteiger partial charge is 0.414 e. The second-order valence-corrected chi connectivity index (χ2v) is 7.71. The number of ether oxygens (including phenoxy) is 1. The summed E-state index contributed by atoms with van der Waals surface area (Å²) in [5, 5.41) is 28.1. The maximum absolute atomic E-state index is 11.7. The number of esters is 1. The van der Waals surface area contributed by atoms with Crippen LogP contribution in [0.15, 0.2) is 60.7 Å². The minimum absolute atomic E-state index is 0.0903. The van der Waals surface area contributed by atoms with Gasteiger partial charge in [0.1, 0.15) is 0 Å². The van der Waals surface area contributed by atoms with E-state index in [0.717, 1.165) is 50.6 Å². The number of carbonyl (C=O) groups is 3. The third-order valence-electron chi connectivity index (χ3n) is 4.91. The SMILES string of the molecule is O=C(CCCc1ccccc1)OCCCCCCNCC(O)c1ccccc1.O=C(O)C(=O)O. The number of hydrogen-bond acceptors (Lipinski definition) is 6. The van der Waals surface area contributed by atoms with E-state index >= 15 is 0 Å². The molecule has 0 heterocycles. The van der Waals surface area contributed by atoms with Gasteiger partial charge in [0.25, 0.3) is 0 Å². The largest absolute Gasteiger partial charge is 0.473 e. The van der Waals surface area contributed by atoms with Crippen LogP contribution < -0.4 is 5.32 Å². The number of carbonyl (C=O) groups excluding carboxylic acids is 1.